The van der Waals surface area contributed by atoms with Crippen molar-refractivity contribution < 1.29 is 23.6 Å². The van der Waals surface area contributed by atoms with Crippen LogP contribution in [-0.2, 0) is 14.3 Å². The Kier molecular flexibility index (Phi) is 6.62. The lowest BCUT2D eigenvalue weighted by atomic mass is 10.0. The van der Waals surface area contributed by atoms with Crippen LogP contribution in [0.2, 0.25) is 0 Å². The Morgan fingerprint density at radius 3 is 2.71 bits per heavy atom. The number of benzene rings is 1. The smallest absolute Gasteiger partial charge is 0.306 e. The summed E-state index contributed by atoms with van der Waals surface area (Å²) in [5, 5.41) is 4.07. The van der Waals surface area contributed by atoms with E-state index in [-0.39, 0.29) is 30.8 Å². The number of ether oxygens (including phenoxy) is 2. The Balaban J connectivity index is 1.70. The summed E-state index contributed by atoms with van der Waals surface area (Å²) >= 11 is 0. The van der Waals surface area contributed by atoms with Crippen molar-refractivity contribution in [3.8, 4) is 17.1 Å². The summed E-state index contributed by atoms with van der Waals surface area (Å²) in [6.07, 6.45) is 2.86. The Hall–Kier alpha value is -2.90. The molecule has 1 aromatic heterocycles. The van der Waals surface area contributed by atoms with Crippen LogP contribution in [0.4, 0.5) is 0 Å². The van der Waals surface area contributed by atoms with E-state index in [0.29, 0.717) is 24.9 Å². The molecular formula is C20H25N3O5. The lowest BCUT2D eigenvalue weighted by Crippen LogP contribution is -2.38. The number of hydrogen-bond acceptors (Lipinski definition) is 7. The van der Waals surface area contributed by atoms with Gasteiger partial charge < -0.3 is 18.9 Å². The molecule has 1 fully saturated rings. The highest BCUT2D eigenvalue weighted by atomic mass is 16.5. The molecule has 1 aliphatic heterocycles. The van der Waals surface area contributed by atoms with E-state index in [1.165, 1.54) is 0 Å². The fraction of sp³-hybridized carbons (Fsp3) is 0.500. The van der Waals surface area contributed by atoms with Gasteiger partial charge in [-0.2, -0.15) is 4.98 Å². The van der Waals surface area contributed by atoms with Crippen molar-refractivity contribution in [3.63, 3.8) is 0 Å². The molecule has 2 heterocycles. The Morgan fingerprint density at radius 2 is 2.00 bits per heavy atom. The quantitative estimate of drug-likeness (QED) is 0.674. The summed E-state index contributed by atoms with van der Waals surface area (Å²) in [5.74, 6) is 1.20. The van der Waals surface area contributed by atoms with Crippen LogP contribution in [-0.4, -0.2) is 47.2 Å². The van der Waals surface area contributed by atoms with Crippen LogP contribution in [0.25, 0.3) is 11.4 Å². The SMILES string of the molecule is CCOC(=O)CCC(=O)N1CCCCC1c1nc(-c2ccc(OC)cc2)no1. The molecule has 1 aromatic carbocycles. The van der Waals surface area contributed by atoms with Gasteiger partial charge in [0.1, 0.15) is 11.8 Å². The number of nitrogens with zero attached hydrogens (tertiary/aromatic N) is 3. The van der Waals surface area contributed by atoms with Crippen LogP contribution in [0.5, 0.6) is 5.75 Å². The zero-order valence-corrected chi connectivity index (χ0v) is 16.2. The minimum Gasteiger partial charge on any atom is -0.497 e. The van der Waals surface area contributed by atoms with E-state index in [9.17, 15) is 9.59 Å². The molecule has 1 saturated heterocycles. The largest absolute Gasteiger partial charge is 0.497 e. The van der Waals surface area contributed by atoms with Crippen LogP contribution < -0.4 is 4.74 Å². The van der Waals surface area contributed by atoms with Crippen molar-refractivity contribution in [3.05, 3.63) is 30.2 Å². The molecule has 0 bridgehead atoms. The van der Waals surface area contributed by atoms with Gasteiger partial charge in [0.05, 0.1) is 20.1 Å². The molecule has 1 aliphatic rings. The van der Waals surface area contributed by atoms with E-state index in [1.54, 1.807) is 18.9 Å². The fourth-order valence-electron chi connectivity index (χ4n) is 3.30. The summed E-state index contributed by atoms with van der Waals surface area (Å²) in [5.41, 5.74) is 0.812. The third kappa shape index (κ3) is 4.68. The van der Waals surface area contributed by atoms with Gasteiger partial charge in [-0.05, 0) is 50.5 Å². The molecule has 0 spiro atoms. The zero-order chi connectivity index (χ0) is 19.9. The van der Waals surface area contributed by atoms with E-state index in [2.05, 4.69) is 10.1 Å². The molecule has 1 amide bonds. The molecule has 0 radical (unpaired) electrons. The molecule has 0 aliphatic carbocycles. The van der Waals surface area contributed by atoms with Crippen molar-refractivity contribution in [1.29, 1.82) is 0 Å². The number of rotatable bonds is 7. The molecule has 150 valence electrons. The number of esters is 1. The molecule has 3 rings (SSSR count). The van der Waals surface area contributed by atoms with Crippen LogP contribution in [0, 0.1) is 0 Å². The topological polar surface area (TPSA) is 94.8 Å². The zero-order valence-electron chi connectivity index (χ0n) is 16.2. The van der Waals surface area contributed by atoms with Gasteiger partial charge in [-0.3, -0.25) is 9.59 Å². The minimum atomic E-state index is -0.357. The molecule has 0 N–H and O–H groups in total. The monoisotopic (exact) mass is 387 g/mol. The number of hydrogen-bond donors (Lipinski definition) is 0. The molecule has 8 heteroatoms. The standard InChI is InChI=1S/C20H25N3O5/c1-3-27-18(25)12-11-17(24)23-13-5-4-6-16(23)20-21-19(22-28-20)14-7-9-15(26-2)10-8-14/h7-10,16H,3-6,11-13H2,1-2H3. The Labute approximate surface area is 163 Å². The van der Waals surface area contributed by atoms with Crippen molar-refractivity contribution in [2.75, 3.05) is 20.3 Å². The van der Waals surface area contributed by atoms with Gasteiger partial charge in [-0.15, -0.1) is 0 Å². The number of aromatic nitrogens is 2. The summed E-state index contributed by atoms with van der Waals surface area (Å²) in [6.45, 7) is 2.68. The highest BCUT2D eigenvalue weighted by Crippen LogP contribution is 2.32. The summed E-state index contributed by atoms with van der Waals surface area (Å²) < 4.78 is 15.5. The van der Waals surface area contributed by atoms with E-state index in [1.807, 2.05) is 24.3 Å². The molecule has 0 saturated carbocycles. The molecule has 8 nitrogen and oxygen atoms in total. The first-order valence-electron chi connectivity index (χ1n) is 9.55. The highest BCUT2D eigenvalue weighted by molar-refractivity contribution is 5.81. The van der Waals surface area contributed by atoms with E-state index < -0.39 is 0 Å². The van der Waals surface area contributed by atoms with Gasteiger partial charge in [0.2, 0.25) is 17.6 Å². The van der Waals surface area contributed by atoms with Gasteiger partial charge >= 0.3 is 5.97 Å². The van der Waals surface area contributed by atoms with Gasteiger partial charge in [0.25, 0.3) is 0 Å². The number of piperidine rings is 1. The third-order valence-corrected chi connectivity index (χ3v) is 4.75. The number of likely N-dealkylation sites (tertiary alicyclic amines) is 1. The molecule has 1 unspecified atom stereocenters. The van der Waals surface area contributed by atoms with Gasteiger partial charge in [0, 0.05) is 18.5 Å². The predicted octanol–water partition coefficient (Wildman–Crippen LogP) is 3.14. The normalized spacial score (nSPS) is 16.6. The second kappa shape index (κ2) is 9.34. The number of carbonyl (C=O) groups is 2. The third-order valence-electron chi connectivity index (χ3n) is 4.75. The number of carbonyl (C=O) groups excluding carboxylic acids is 2. The van der Waals surface area contributed by atoms with Gasteiger partial charge in [-0.25, -0.2) is 0 Å². The van der Waals surface area contributed by atoms with Gasteiger partial charge in [0.15, 0.2) is 0 Å². The maximum absolute atomic E-state index is 12.7. The average molecular weight is 387 g/mol. The van der Waals surface area contributed by atoms with Crippen LogP contribution in [0.3, 0.4) is 0 Å². The first-order valence-corrected chi connectivity index (χ1v) is 9.55. The Morgan fingerprint density at radius 1 is 1.21 bits per heavy atom. The first-order chi connectivity index (χ1) is 13.6. The maximum Gasteiger partial charge on any atom is 0.306 e. The number of amides is 1. The van der Waals surface area contributed by atoms with Crippen LogP contribution in [0.1, 0.15) is 51.0 Å². The maximum atomic E-state index is 12.7. The van der Waals surface area contributed by atoms with Crippen molar-refractivity contribution >= 4 is 11.9 Å². The lowest BCUT2D eigenvalue weighted by molar-refractivity contribution is -0.146. The summed E-state index contributed by atoms with van der Waals surface area (Å²) in [4.78, 5) is 30.5. The second-order valence-corrected chi connectivity index (χ2v) is 6.59. The summed E-state index contributed by atoms with van der Waals surface area (Å²) in [6, 6.07) is 7.12. The van der Waals surface area contributed by atoms with Crippen molar-refractivity contribution in [2.45, 2.75) is 45.1 Å². The van der Waals surface area contributed by atoms with E-state index >= 15 is 0 Å². The minimum absolute atomic E-state index is 0.0802. The number of methoxy groups -OCH3 is 1. The molecular weight excluding hydrogens is 362 g/mol. The van der Waals surface area contributed by atoms with Crippen molar-refractivity contribution in [2.24, 2.45) is 0 Å². The Bertz CT molecular complexity index is 802. The fourth-order valence-corrected chi connectivity index (χ4v) is 3.30. The van der Waals surface area contributed by atoms with Crippen molar-refractivity contribution in [1.82, 2.24) is 15.0 Å². The van der Waals surface area contributed by atoms with Crippen LogP contribution in [0.15, 0.2) is 28.8 Å². The van der Waals surface area contributed by atoms with E-state index in [0.717, 1.165) is 30.6 Å². The molecule has 2 aromatic rings. The van der Waals surface area contributed by atoms with Gasteiger partial charge in [-0.1, -0.05) is 5.16 Å². The molecule has 28 heavy (non-hydrogen) atoms. The lowest BCUT2D eigenvalue weighted by Gasteiger charge is -2.33. The average Bonchev–Trinajstić information content (AvgIpc) is 3.22. The highest BCUT2D eigenvalue weighted by Gasteiger charge is 2.32. The first kappa shape index (κ1) is 19.9. The summed E-state index contributed by atoms with van der Waals surface area (Å²) in [7, 11) is 1.61. The van der Waals surface area contributed by atoms with Crippen LogP contribution >= 0.6 is 0 Å². The predicted molar refractivity (Wildman–Crippen MR) is 100 cm³/mol. The van der Waals surface area contributed by atoms with E-state index in [4.69, 9.17) is 14.0 Å². The second-order valence-electron chi connectivity index (χ2n) is 6.59. The molecule has 1 atom stereocenters.